The molecule has 1 unspecified atom stereocenters. The predicted molar refractivity (Wildman–Crippen MR) is 63.8 cm³/mol. The van der Waals surface area contributed by atoms with Crippen LogP contribution in [0.1, 0.15) is 24.5 Å². The number of nitrogens with zero attached hydrogens (tertiary/aromatic N) is 1. The van der Waals surface area contributed by atoms with Gasteiger partial charge in [0.25, 0.3) is 0 Å². The van der Waals surface area contributed by atoms with E-state index in [0.29, 0.717) is 11.3 Å². The smallest absolute Gasteiger partial charge is 0.127 e. The summed E-state index contributed by atoms with van der Waals surface area (Å²) in [7, 11) is 1.63. The highest BCUT2D eigenvalue weighted by molar-refractivity contribution is 5.33. The van der Waals surface area contributed by atoms with Crippen molar-refractivity contribution in [3.63, 3.8) is 0 Å². The van der Waals surface area contributed by atoms with Gasteiger partial charge < -0.3 is 15.2 Å². The summed E-state index contributed by atoms with van der Waals surface area (Å²) in [5.41, 5.74) is 1.31. The average Bonchev–Trinajstić information content (AvgIpc) is 2.25. The minimum atomic E-state index is -0.440. The SMILES string of the molecule is COc1ccncc1C(O)C1CC2(CNC2)C1. The van der Waals surface area contributed by atoms with Gasteiger partial charge in [-0.15, -0.1) is 0 Å². The van der Waals surface area contributed by atoms with Crippen LogP contribution in [0, 0.1) is 11.3 Å². The van der Waals surface area contributed by atoms with Gasteiger partial charge in [-0.05, 0) is 30.2 Å². The Balaban J connectivity index is 1.71. The highest BCUT2D eigenvalue weighted by Gasteiger charge is 2.50. The molecule has 3 rings (SSSR count). The van der Waals surface area contributed by atoms with Gasteiger partial charge in [0.1, 0.15) is 5.75 Å². The molecule has 1 saturated heterocycles. The Morgan fingerprint density at radius 1 is 1.53 bits per heavy atom. The molecule has 0 aromatic carbocycles. The van der Waals surface area contributed by atoms with Gasteiger partial charge in [-0.25, -0.2) is 0 Å². The zero-order chi connectivity index (χ0) is 11.9. The molecule has 4 heteroatoms. The van der Waals surface area contributed by atoms with Gasteiger partial charge in [0.2, 0.25) is 0 Å². The van der Waals surface area contributed by atoms with E-state index in [1.54, 1.807) is 25.6 Å². The maximum absolute atomic E-state index is 10.4. The van der Waals surface area contributed by atoms with Gasteiger partial charge in [-0.1, -0.05) is 0 Å². The number of methoxy groups -OCH3 is 1. The van der Waals surface area contributed by atoms with E-state index in [4.69, 9.17) is 4.74 Å². The number of pyridine rings is 1. The van der Waals surface area contributed by atoms with E-state index in [1.165, 1.54) is 0 Å². The monoisotopic (exact) mass is 234 g/mol. The molecule has 2 N–H and O–H groups in total. The molecule has 1 aromatic rings. The molecule has 1 saturated carbocycles. The lowest BCUT2D eigenvalue weighted by Crippen LogP contribution is -2.60. The number of aliphatic hydroxyl groups excluding tert-OH is 1. The van der Waals surface area contributed by atoms with Crippen molar-refractivity contribution < 1.29 is 9.84 Å². The van der Waals surface area contributed by atoms with Crippen LogP contribution in [0.5, 0.6) is 5.75 Å². The van der Waals surface area contributed by atoms with Crippen LogP contribution in [-0.2, 0) is 0 Å². The van der Waals surface area contributed by atoms with Gasteiger partial charge in [0.05, 0.1) is 13.2 Å². The van der Waals surface area contributed by atoms with Crippen LogP contribution in [0.3, 0.4) is 0 Å². The first kappa shape index (κ1) is 11.0. The molecule has 1 aromatic heterocycles. The summed E-state index contributed by atoms with van der Waals surface area (Å²) >= 11 is 0. The van der Waals surface area contributed by atoms with Crippen LogP contribution < -0.4 is 10.1 Å². The Labute approximate surface area is 101 Å². The molecule has 2 aliphatic rings. The molecule has 2 heterocycles. The van der Waals surface area contributed by atoms with E-state index < -0.39 is 6.10 Å². The fourth-order valence-corrected chi connectivity index (χ4v) is 3.10. The zero-order valence-electron chi connectivity index (χ0n) is 10.0. The molecule has 1 aliphatic heterocycles. The average molecular weight is 234 g/mol. The zero-order valence-corrected chi connectivity index (χ0v) is 10.0. The Morgan fingerprint density at radius 2 is 2.29 bits per heavy atom. The van der Waals surface area contributed by atoms with E-state index in [9.17, 15) is 5.11 Å². The maximum Gasteiger partial charge on any atom is 0.127 e. The van der Waals surface area contributed by atoms with Gasteiger partial charge in [-0.3, -0.25) is 4.98 Å². The molecular formula is C13H18N2O2. The number of rotatable bonds is 3. The highest BCUT2D eigenvalue weighted by atomic mass is 16.5. The summed E-state index contributed by atoms with van der Waals surface area (Å²) in [6.45, 7) is 2.22. The van der Waals surface area contributed by atoms with Crippen molar-refractivity contribution in [3.05, 3.63) is 24.0 Å². The van der Waals surface area contributed by atoms with Crippen molar-refractivity contribution in [3.8, 4) is 5.75 Å². The summed E-state index contributed by atoms with van der Waals surface area (Å²) in [6.07, 6.45) is 5.18. The van der Waals surface area contributed by atoms with Crippen molar-refractivity contribution in [1.82, 2.24) is 10.3 Å². The van der Waals surface area contributed by atoms with Crippen LogP contribution >= 0.6 is 0 Å². The van der Waals surface area contributed by atoms with Crippen LogP contribution in [0.15, 0.2) is 18.5 Å². The molecule has 17 heavy (non-hydrogen) atoms. The number of nitrogens with one attached hydrogen (secondary N) is 1. The largest absolute Gasteiger partial charge is 0.496 e. The lowest BCUT2D eigenvalue weighted by Gasteiger charge is -2.55. The van der Waals surface area contributed by atoms with E-state index in [-0.39, 0.29) is 0 Å². The van der Waals surface area contributed by atoms with Gasteiger partial charge in [-0.2, -0.15) is 0 Å². The quantitative estimate of drug-likeness (QED) is 0.823. The van der Waals surface area contributed by atoms with Crippen LogP contribution in [-0.4, -0.2) is 30.3 Å². The molecular weight excluding hydrogens is 216 g/mol. The third kappa shape index (κ3) is 1.72. The Hall–Kier alpha value is -1.13. The molecule has 1 spiro atoms. The van der Waals surface area contributed by atoms with Crippen molar-refractivity contribution in [2.75, 3.05) is 20.2 Å². The van der Waals surface area contributed by atoms with Crippen LogP contribution in [0.4, 0.5) is 0 Å². The minimum absolute atomic E-state index is 0.357. The first-order valence-corrected chi connectivity index (χ1v) is 6.11. The third-order valence-corrected chi connectivity index (χ3v) is 4.19. The molecule has 1 atom stereocenters. The molecule has 0 bridgehead atoms. The maximum atomic E-state index is 10.4. The number of hydrogen-bond donors (Lipinski definition) is 2. The first-order valence-electron chi connectivity index (χ1n) is 6.11. The summed E-state index contributed by atoms with van der Waals surface area (Å²) in [5.74, 6) is 1.09. The summed E-state index contributed by atoms with van der Waals surface area (Å²) in [4.78, 5) is 4.07. The van der Waals surface area contributed by atoms with Gasteiger partial charge in [0.15, 0.2) is 0 Å². The third-order valence-electron chi connectivity index (χ3n) is 4.19. The molecule has 4 nitrogen and oxygen atoms in total. The second-order valence-electron chi connectivity index (χ2n) is 5.33. The Morgan fingerprint density at radius 3 is 2.88 bits per heavy atom. The fraction of sp³-hybridized carbons (Fsp3) is 0.615. The summed E-state index contributed by atoms with van der Waals surface area (Å²) in [6, 6.07) is 1.80. The van der Waals surface area contributed by atoms with Crippen molar-refractivity contribution >= 4 is 0 Å². The number of aliphatic hydroxyl groups is 1. The summed E-state index contributed by atoms with van der Waals surface area (Å²) in [5, 5.41) is 13.7. The lowest BCUT2D eigenvalue weighted by atomic mass is 9.56. The van der Waals surface area contributed by atoms with E-state index >= 15 is 0 Å². The fourth-order valence-electron chi connectivity index (χ4n) is 3.10. The number of hydrogen-bond acceptors (Lipinski definition) is 4. The standard InChI is InChI=1S/C13H18N2O2/c1-17-11-2-3-14-6-10(11)12(16)9-4-13(5-9)7-15-8-13/h2-3,6,9,12,15-16H,4-5,7-8H2,1H3. The molecule has 92 valence electrons. The molecule has 0 amide bonds. The first-order chi connectivity index (χ1) is 8.24. The molecule has 0 radical (unpaired) electrons. The number of aromatic nitrogens is 1. The second-order valence-corrected chi connectivity index (χ2v) is 5.33. The van der Waals surface area contributed by atoms with Crippen molar-refractivity contribution in [2.24, 2.45) is 11.3 Å². The van der Waals surface area contributed by atoms with Crippen molar-refractivity contribution in [1.29, 1.82) is 0 Å². The molecule has 2 fully saturated rings. The van der Waals surface area contributed by atoms with E-state index in [0.717, 1.165) is 37.2 Å². The van der Waals surface area contributed by atoms with Crippen LogP contribution in [0.2, 0.25) is 0 Å². The normalized spacial score (nSPS) is 23.9. The lowest BCUT2D eigenvalue weighted by molar-refractivity contribution is -0.0647. The van der Waals surface area contributed by atoms with E-state index in [2.05, 4.69) is 10.3 Å². The van der Waals surface area contributed by atoms with Gasteiger partial charge in [0, 0.05) is 31.0 Å². The predicted octanol–water partition coefficient (Wildman–Crippen LogP) is 1.12. The summed E-state index contributed by atoms with van der Waals surface area (Å²) < 4.78 is 5.27. The Kier molecular flexibility index (Phi) is 2.56. The second kappa shape index (κ2) is 3.96. The highest BCUT2D eigenvalue weighted by Crippen LogP contribution is 2.53. The van der Waals surface area contributed by atoms with Crippen LogP contribution in [0.25, 0.3) is 0 Å². The number of ether oxygens (including phenoxy) is 1. The minimum Gasteiger partial charge on any atom is -0.496 e. The Bertz CT molecular complexity index is 410. The van der Waals surface area contributed by atoms with Crippen molar-refractivity contribution in [2.45, 2.75) is 18.9 Å². The van der Waals surface area contributed by atoms with Gasteiger partial charge >= 0.3 is 0 Å². The van der Waals surface area contributed by atoms with E-state index in [1.807, 2.05) is 0 Å². The molecule has 1 aliphatic carbocycles. The topological polar surface area (TPSA) is 54.4 Å².